The summed E-state index contributed by atoms with van der Waals surface area (Å²) in [6.07, 6.45) is 0. The van der Waals surface area contributed by atoms with Crippen molar-refractivity contribution in [1.82, 2.24) is 0 Å². The predicted octanol–water partition coefficient (Wildman–Crippen LogP) is 5.48. The molecule has 35 heavy (non-hydrogen) atoms. The molecule has 4 aromatic rings. The number of amides is 2. The van der Waals surface area contributed by atoms with Crippen molar-refractivity contribution < 1.29 is 9.59 Å². The molecule has 1 aliphatic rings. The van der Waals surface area contributed by atoms with Crippen molar-refractivity contribution in [2.24, 2.45) is 0 Å². The van der Waals surface area contributed by atoms with Crippen molar-refractivity contribution >= 4 is 45.8 Å². The number of benzene rings is 4. The number of nitrogen functional groups attached to an aromatic ring is 1. The van der Waals surface area contributed by atoms with Crippen LogP contribution < -0.4 is 21.3 Å². The molecule has 0 fully saturated rings. The molecular weight excluding hydrogens is 436 g/mol. The van der Waals surface area contributed by atoms with E-state index in [0.717, 1.165) is 28.2 Å². The molecular formula is C29H24N4O2. The van der Waals surface area contributed by atoms with E-state index in [1.54, 1.807) is 36.2 Å². The third-order valence-corrected chi connectivity index (χ3v) is 5.95. The summed E-state index contributed by atoms with van der Waals surface area (Å²) in [7, 11) is 1.75. The van der Waals surface area contributed by atoms with Crippen molar-refractivity contribution in [3.8, 4) is 0 Å². The Morgan fingerprint density at radius 3 is 2.11 bits per heavy atom. The Kier molecular flexibility index (Phi) is 5.77. The van der Waals surface area contributed by atoms with E-state index in [0.29, 0.717) is 22.5 Å². The second-order valence-corrected chi connectivity index (χ2v) is 8.28. The highest BCUT2D eigenvalue weighted by atomic mass is 16.2. The molecule has 0 aromatic heterocycles. The molecule has 0 saturated heterocycles. The number of nitrogens with one attached hydrogen (secondary N) is 2. The Morgan fingerprint density at radius 2 is 1.46 bits per heavy atom. The normalized spacial score (nSPS) is 13.6. The minimum atomic E-state index is -0.193. The Labute approximate surface area is 203 Å². The summed E-state index contributed by atoms with van der Waals surface area (Å²) in [6, 6.07) is 31.8. The molecule has 6 nitrogen and oxygen atoms in total. The lowest BCUT2D eigenvalue weighted by Crippen LogP contribution is -2.26. The fourth-order valence-electron chi connectivity index (χ4n) is 4.12. The maximum absolute atomic E-state index is 13.0. The summed E-state index contributed by atoms with van der Waals surface area (Å²) < 4.78 is 0. The van der Waals surface area contributed by atoms with E-state index in [1.165, 1.54) is 0 Å². The molecule has 4 aromatic carbocycles. The highest BCUT2D eigenvalue weighted by Crippen LogP contribution is 2.38. The summed E-state index contributed by atoms with van der Waals surface area (Å²) in [5.74, 6) is -0.281. The van der Waals surface area contributed by atoms with Gasteiger partial charge in [0.05, 0.1) is 11.3 Å². The van der Waals surface area contributed by atoms with Crippen LogP contribution in [-0.4, -0.2) is 18.9 Å². The van der Waals surface area contributed by atoms with Crippen LogP contribution in [0.1, 0.15) is 21.5 Å². The summed E-state index contributed by atoms with van der Waals surface area (Å²) in [4.78, 5) is 27.4. The minimum Gasteiger partial charge on any atom is -0.399 e. The molecule has 2 amide bonds. The van der Waals surface area contributed by atoms with Gasteiger partial charge in [0.15, 0.2) is 0 Å². The van der Waals surface area contributed by atoms with Crippen LogP contribution in [0.3, 0.4) is 0 Å². The number of carbonyl (C=O) groups excluding carboxylic acids is 2. The van der Waals surface area contributed by atoms with Gasteiger partial charge in [-0.3, -0.25) is 9.59 Å². The Bertz CT molecular complexity index is 1430. The third kappa shape index (κ3) is 4.37. The first-order chi connectivity index (χ1) is 17.0. The van der Waals surface area contributed by atoms with Crippen LogP contribution in [0.25, 0.3) is 11.3 Å². The summed E-state index contributed by atoms with van der Waals surface area (Å²) in [6.45, 7) is 0. The quantitative estimate of drug-likeness (QED) is 0.272. The fourth-order valence-corrected chi connectivity index (χ4v) is 4.12. The van der Waals surface area contributed by atoms with E-state index in [9.17, 15) is 9.59 Å². The first-order valence-corrected chi connectivity index (χ1v) is 11.2. The number of hydrogen-bond acceptors (Lipinski definition) is 4. The number of rotatable bonds is 5. The summed E-state index contributed by atoms with van der Waals surface area (Å²) >= 11 is 0. The van der Waals surface area contributed by atoms with Gasteiger partial charge in [-0.1, -0.05) is 48.5 Å². The Hall–Kier alpha value is -4.84. The first-order valence-electron chi connectivity index (χ1n) is 11.2. The lowest BCUT2D eigenvalue weighted by molar-refractivity contribution is -0.110. The van der Waals surface area contributed by atoms with E-state index in [1.807, 2.05) is 78.9 Å². The zero-order chi connectivity index (χ0) is 24.4. The number of hydrogen-bond donors (Lipinski definition) is 3. The van der Waals surface area contributed by atoms with Gasteiger partial charge in [-0.05, 0) is 60.2 Å². The Balaban J connectivity index is 1.49. The number of fused-ring (bicyclic) bond motifs is 1. The summed E-state index contributed by atoms with van der Waals surface area (Å²) in [5, 5.41) is 6.36. The van der Waals surface area contributed by atoms with Gasteiger partial charge < -0.3 is 21.3 Å². The number of anilines is 4. The molecule has 172 valence electrons. The van der Waals surface area contributed by atoms with Crippen molar-refractivity contribution in [2.75, 3.05) is 28.3 Å². The molecule has 0 bridgehead atoms. The van der Waals surface area contributed by atoms with E-state index in [4.69, 9.17) is 5.73 Å². The van der Waals surface area contributed by atoms with Crippen molar-refractivity contribution in [1.29, 1.82) is 0 Å². The van der Waals surface area contributed by atoms with Gasteiger partial charge in [0.2, 0.25) is 0 Å². The molecule has 4 N–H and O–H groups in total. The molecule has 0 atom stereocenters. The standard InChI is InChI=1S/C29H24N4O2/c1-33(29(35)20-10-6-3-7-11-20)23-15-13-22(14-16-23)31-27(19-8-4-2-5-9-19)26-24-18-21(30)12-17-25(24)32-28(26)34/h2-18,31H,30H2,1H3,(H,32,34). The smallest absolute Gasteiger partial charge is 0.258 e. The molecule has 0 aliphatic carbocycles. The van der Waals surface area contributed by atoms with Crippen LogP contribution in [0.5, 0.6) is 0 Å². The van der Waals surface area contributed by atoms with Gasteiger partial charge in [0, 0.05) is 40.9 Å². The molecule has 6 heteroatoms. The zero-order valence-electron chi connectivity index (χ0n) is 19.2. The Morgan fingerprint density at radius 1 is 0.829 bits per heavy atom. The zero-order valence-corrected chi connectivity index (χ0v) is 19.2. The van der Waals surface area contributed by atoms with Crippen LogP contribution >= 0.6 is 0 Å². The monoisotopic (exact) mass is 460 g/mol. The fraction of sp³-hybridized carbons (Fsp3) is 0.0345. The van der Waals surface area contributed by atoms with Gasteiger partial charge in [-0.15, -0.1) is 0 Å². The van der Waals surface area contributed by atoms with Gasteiger partial charge in [-0.25, -0.2) is 0 Å². The number of nitrogens with two attached hydrogens (primary N) is 1. The predicted molar refractivity (Wildman–Crippen MR) is 142 cm³/mol. The minimum absolute atomic E-state index is 0.0878. The van der Waals surface area contributed by atoms with Crippen molar-refractivity contribution in [3.05, 3.63) is 120 Å². The van der Waals surface area contributed by atoms with Crippen LogP contribution in [0, 0.1) is 0 Å². The molecule has 1 heterocycles. The van der Waals surface area contributed by atoms with E-state index in [-0.39, 0.29) is 11.8 Å². The van der Waals surface area contributed by atoms with E-state index < -0.39 is 0 Å². The van der Waals surface area contributed by atoms with Crippen LogP contribution in [-0.2, 0) is 4.79 Å². The molecule has 5 rings (SSSR count). The molecule has 0 spiro atoms. The van der Waals surface area contributed by atoms with Crippen molar-refractivity contribution in [2.45, 2.75) is 0 Å². The molecule has 0 unspecified atom stereocenters. The number of nitrogens with zero attached hydrogens (tertiary/aromatic N) is 1. The lowest BCUT2D eigenvalue weighted by Gasteiger charge is -2.19. The second kappa shape index (κ2) is 9.19. The molecule has 1 aliphatic heterocycles. The molecule has 0 saturated carbocycles. The third-order valence-electron chi connectivity index (χ3n) is 5.95. The number of carbonyl (C=O) groups is 2. The van der Waals surface area contributed by atoms with Crippen LogP contribution in [0.15, 0.2) is 103 Å². The van der Waals surface area contributed by atoms with Crippen LogP contribution in [0.4, 0.5) is 22.7 Å². The average molecular weight is 461 g/mol. The maximum atomic E-state index is 13.0. The largest absolute Gasteiger partial charge is 0.399 e. The topological polar surface area (TPSA) is 87.5 Å². The van der Waals surface area contributed by atoms with E-state index in [2.05, 4.69) is 10.6 Å². The summed E-state index contributed by atoms with van der Waals surface area (Å²) in [5.41, 5.74) is 12.3. The van der Waals surface area contributed by atoms with Gasteiger partial charge >= 0.3 is 0 Å². The van der Waals surface area contributed by atoms with Gasteiger partial charge in [0.25, 0.3) is 11.8 Å². The highest BCUT2D eigenvalue weighted by Gasteiger charge is 2.28. The van der Waals surface area contributed by atoms with Gasteiger partial charge in [0.1, 0.15) is 0 Å². The van der Waals surface area contributed by atoms with Crippen molar-refractivity contribution in [3.63, 3.8) is 0 Å². The maximum Gasteiger partial charge on any atom is 0.258 e. The SMILES string of the molecule is CN(C(=O)c1ccccc1)c1ccc(NC(=C2C(=O)Nc3ccc(N)cc32)c2ccccc2)cc1. The average Bonchev–Trinajstić information content (AvgIpc) is 3.22. The van der Waals surface area contributed by atoms with Crippen LogP contribution in [0.2, 0.25) is 0 Å². The lowest BCUT2D eigenvalue weighted by atomic mass is 9.99. The second-order valence-electron chi connectivity index (χ2n) is 8.28. The van der Waals surface area contributed by atoms with Gasteiger partial charge in [-0.2, -0.15) is 0 Å². The first kappa shape index (κ1) is 22.0. The molecule has 0 radical (unpaired) electrons. The van der Waals surface area contributed by atoms with E-state index >= 15 is 0 Å². The highest BCUT2D eigenvalue weighted by molar-refractivity contribution is 6.37.